The summed E-state index contributed by atoms with van der Waals surface area (Å²) in [5, 5.41) is 12.8. The van der Waals surface area contributed by atoms with E-state index in [2.05, 4.69) is 5.32 Å². The third-order valence-corrected chi connectivity index (χ3v) is 6.51. The van der Waals surface area contributed by atoms with Crippen molar-refractivity contribution in [1.29, 1.82) is 0 Å². The Bertz CT molecular complexity index is 1240. The van der Waals surface area contributed by atoms with Crippen LogP contribution in [-0.4, -0.2) is 35.7 Å². The Morgan fingerprint density at radius 2 is 1.84 bits per heavy atom. The van der Waals surface area contributed by atoms with Crippen molar-refractivity contribution in [3.63, 3.8) is 0 Å². The van der Waals surface area contributed by atoms with Crippen LogP contribution in [0.3, 0.4) is 0 Å². The predicted molar refractivity (Wildman–Crippen MR) is 125 cm³/mol. The fraction of sp³-hybridized carbons (Fsp3) is 0.385. The largest absolute Gasteiger partial charge is 0.416 e. The Hall–Kier alpha value is -3.34. The number of aliphatic hydroxyl groups excluding tert-OH is 1. The van der Waals surface area contributed by atoms with Gasteiger partial charge in [0.1, 0.15) is 0 Å². The zero-order valence-corrected chi connectivity index (χ0v) is 19.5. The quantitative estimate of drug-likeness (QED) is 0.399. The lowest BCUT2D eigenvalue weighted by molar-refractivity contribution is -0.143. The molecule has 0 spiro atoms. The molecule has 0 aromatic heterocycles. The minimum atomic E-state index is -4.73. The second kappa shape index (κ2) is 10.2. The summed E-state index contributed by atoms with van der Waals surface area (Å²) in [6, 6.07) is 8.04. The number of fused-ring (bicyclic) bond motifs is 2. The standard InChI is InChI=1S/C26H24F6N2O3/c27-25(28,29)10-8-24(37)34-11-9-16(19-7-5-17(13-22(19)34)26(30,31)32)12-23(36)33-21-3-1-2-15-4-6-18(35)14-20(15)21/h1-3,5,7,12-13,18,35H,4,6,8-11,14H2,(H,33,36). The number of nitrogens with one attached hydrogen (secondary N) is 1. The number of hydrogen-bond acceptors (Lipinski definition) is 3. The Balaban J connectivity index is 1.63. The molecule has 11 heteroatoms. The average molecular weight is 526 g/mol. The van der Waals surface area contributed by atoms with Gasteiger partial charge >= 0.3 is 12.4 Å². The first-order valence-electron chi connectivity index (χ1n) is 11.7. The highest BCUT2D eigenvalue weighted by Crippen LogP contribution is 2.40. The van der Waals surface area contributed by atoms with Crippen molar-refractivity contribution in [1.82, 2.24) is 0 Å². The fourth-order valence-corrected chi connectivity index (χ4v) is 4.70. The number of hydrogen-bond donors (Lipinski definition) is 2. The number of halogens is 6. The van der Waals surface area contributed by atoms with Crippen molar-refractivity contribution in [2.24, 2.45) is 0 Å². The van der Waals surface area contributed by atoms with Gasteiger partial charge in [-0.1, -0.05) is 18.2 Å². The summed E-state index contributed by atoms with van der Waals surface area (Å²) in [5.74, 6) is -1.50. The van der Waals surface area contributed by atoms with Crippen molar-refractivity contribution in [3.05, 3.63) is 64.7 Å². The number of rotatable bonds is 4. The first kappa shape index (κ1) is 26.7. The van der Waals surface area contributed by atoms with Gasteiger partial charge in [0.2, 0.25) is 11.8 Å². The zero-order valence-electron chi connectivity index (χ0n) is 19.5. The number of alkyl halides is 6. The van der Waals surface area contributed by atoms with Crippen molar-refractivity contribution in [2.75, 3.05) is 16.8 Å². The van der Waals surface area contributed by atoms with Crippen LogP contribution in [0.15, 0.2) is 42.5 Å². The molecular weight excluding hydrogens is 502 g/mol. The van der Waals surface area contributed by atoms with Crippen LogP contribution in [0.2, 0.25) is 0 Å². The molecule has 2 N–H and O–H groups in total. The van der Waals surface area contributed by atoms with Gasteiger partial charge in [-0.05, 0) is 54.2 Å². The number of carbonyl (C=O) groups excluding carboxylic acids is 2. The summed E-state index contributed by atoms with van der Waals surface area (Å²) < 4.78 is 77.9. The minimum Gasteiger partial charge on any atom is -0.393 e. The Morgan fingerprint density at radius 3 is 2.54 bits per heavy atom. The summed E-state index contributed by atoms with van der Waals surface area (Å²) in [5.41, 5.74) is 1.61. The van der Waals surface area contributed by atoms with E-state index in [1.807, 2.05) is 6.07 Å². The van der Waals surface area contributed by atoms with E-state index in [0.29, 0.717) is 30.5 Å². The van der Waals surface area contributed by atoms with E-state index < -0.39 is 48.7 Å². The SMILES string of the molecule is O=C(C=C1CCN(C(=O)CCC(F)(F)F)c2cc(C(F)(F)F)ccc21)Nc1cccc2c1CC(O)CC2. The fourth-order valence-electron chi connectivity index (χ4n) is 4.70. The highest BCUT2D eigenvalue weighted by Gasteiger charge is 2.35. The lowest BCUT2D eigenvalue weighted by Gasteiger charge is -2.32. The number of carbonyl (C=O) groups is 2. The molecule has 2 aromatic rings. The predicted octanol–water partition coefficient (Wildman–Crippen LogP) is 5.66. The molecule has 198 valence electrons. The van der Waals surface area contributed by atoms with Gasteiger partial charge in [0.25, 0.3) is 0 Å². The highest BCUT2D eigenvalue weighted by molar-refractivity contribution is 6.07. The number of anilines is 2. The van der Waals surface area contributed by atoms with Crippen LogP contribution in [0.4, 0.5) is 37.7 Å². The van der Waals surface area contributed by atoms with Gasteiger partial charge < -0.3 is 15.3 Å². The van der Waals surface area contributed by atoms with Crippen LogP contribution in [0.25, 0.3) is 5.57 Å². The molecule has 0 radical (unpaired) electrons. The van der Waals surface area contributed by atoms with Gasteiger partial charge in [0.05, 0.1) is 23.8 Å². The lowest BCUT2D eigenvalue weighted by Crippen LogP contribution is -2.36. The van der Waals surface area contributed by atoms with Gasteiger partial charge in [-0.15, -0.1) is 0 Å². The first-order chi connectivity index (χ1) is 17.3. The molecule has 0 saturated carbocycles. The molecule has 2 aromatic carbocycles. The van der Waals surface area contributed by atoms with Crippen LogP contribution in [0, 0.1) is 0 Å². The van der Waals surface area contributed by atoms with Gasteiger partial charge in [-0.25, -0.2) is 0 Å². The normalized spacial score (nSPS) is 18.8. The van der Waals surface area contributed by atoms with Crippen LogP contribution in [0.5, 0.6) is 0 Å². The Labute approximate surface area is 208 Å². The maximum Gasteiger partial charge on any atom is 0.416 e. The van der Waals surface area contributed by atoms with Crippen LogP contribution in [-0.2, 0) is 28.6 Å². The number of aryl methyl sites for hydroxylation is 1. The number of aliphatic hydroxyl groups is 1. The third-order valence-electron chi connectivity index (χ3n) is 6.51. The molecule has 1 heterocycles. The van der Waals surface area contributed by atoms with Gasteiger partial charge in [0, 0.05) is 36.7 Å². The summed E-state index contributed by atoms with van der Waals surface area (Å²) in [6.45, 7) is -0.170. The van der Waals surface area contributed by atoms with Crippen LogP contribution in [0.1, 0.15) is 47.9 Å². The molecule has 37 heavy (non-hydrogen) atoms. The van der Waals surface area contributed by atoms with Crippen molar-refractivity contribution < 1.29 is 41.0 Å². The molecule has 0 saturated heterocycles. The summed E-state index contributed by atoms with van der Waals surface area (Å²) in [6.07, 6.45) is -9.20. The molecule has 1 aliphatic heterocycles. The van der Waals surface area contributed by atoms with Crippen molar-refractivity contribution in [2.45, 2.75) is 57.0 Å². The van der Waals surface area contributed by atoms with E-state index in [-0.39, 0.29) is 24.2 Å². The second-order valence-electron chi connectivity index (χ2n) is 9.14. The maximum atomic E-state index is 13.4. The lowest BCUT2D eigenvalue weighted by atomic mass is 9.88. The minimum absolute atomic E-state index is 0.0646. The summed E-state index contributed by atoms with van der Waals surface area (Å²) >= 11 is 0. The number of nitrogens with zero attached hydrogens (tertiary/aromatic N) is 1. The summed E-state index contributed by atoms with van der Waals surface area (Å²) in [7, 11) is 0. The van der Waals surface area contributed by atoms with Gasteiger partial charge in [0.15, 0.2) is 0 Å². The Morgan fingerprint density at radius 1 is 1.08 bits per heavy atom. The number of amides is 2. The molecule has 0 fully saturated rings. The maximum absolute atomic E-state index is 13.4. The molecule has 1 unspecified atom stereocenters. The molecule has 5 nitrogen and oxygen atoms in total. The van der Waals surface area contributed by atoms with Gasteiger partial charge in [-0.3, -0.25) is 9.59 Å². The van der Waals surface area contributed by atoms with E-state index >= 15 is 0 Å². The van der Waals surface area contributed by atoms with E-state index in [4.69, 9.17) is 0 Å². The smallest absolute Gasteiger partial charge is 0.393 e. The van der Waals surface area contributed by atoms with Crippen molar-refractivity contribution >= 4 is 28.8 Å². The molecule has 2 aliphatic rings. The van der Waals surface area contributed by atoms with Gasteiger partial charge in [-0.2, -0.15) is 26.3 Å². The molecule has 0 bridgehead atoms. The molecule has 4 rings (SSSR count). The van der Waals surface area contributed by atoms with Crippen LogP contribution < -0.4 is 10.2 Å². The first-order valence-corrected chi connectivity index (χ1v) is 11.7. The average Bonchev–Trinajstić information content (AvgIpc) is 2.81. The molecule has 1 aliphatic carbocycles. The second-order valence-corrected chi connectivity index (χ2v) is 9.14. The van der Waals surface area contributed by atoms with E-state index in [9.17, 15) is 41.0 Å². The summed E-state index contributed by atoms with van der Waals surface area (Å²) in [4.78, 5) is 26.3. The Kier molecular flexibility index (Phi) is 7.36. The van der Waals surface area contributed by atoms with E-state index in [1.165, 1.54) is 6.08 Å². The van der Waals surface area contributed by atoms with Crippen LogP contribution >= 0.6 is 0 Å². The van der Waals surface area contributed by atoms with Crippen molar-refractivity contribution in [3.8, 4) is 0 Å². The zero-order chi connectivity index (χ0) is 27.0. The molecule has 2 amide bonds. The molecular formula is C26H24F6N2O3. The third kappa shape index (κ3) is 6.33. The molecule has 1 atom stereocenters. The topological polar surface area (TPSA) is 69.6 Å². The van der Waals surface area contributed by atoms with E-state index in [0.717, 1.165) is 34.2 Å². The highest BCUT2D eigenvalue weighted by atomic mass is 19.4. The number of benzene rings is 2. The monoisotopic (exact) mass is 526 g/mol. The van der Waals surface area contributed by atoms with E-state index in [1.54, 1.807) is 12.1 Å².